The third-order valence-corrected chi connectivity index (χ3v) is 4.64. The van der Waals surface area contributed by atoms with Gasteiger partial charge in [0.25, 0.3) is 5.91 Å². The average molecular weight is 316 g/mol. The van der Waals surface area contributed by atoms with E-state index in [-0.39, 0.29) is 5.91 Å². The molecular weight excluding hydrogens is 300 g/mol. The van der Waals surface area contributed by atoms with Crippen molar-refractivity contribution in [2.24, 2.45) is 0 Å². The fourth-order valence-electron chi connectivity index (χ4n) is 2.52. The van der Waals surface area contributed by atoms with Crippen LogP contribution in [-0.2, 0) is 0 Å². The maximum absolute atomic E-state index is 12.2. The summed E-state index contributed by atoms with van der Waals surface area (Å²) in [5, 5.41) is 2.67. The van der Waals surface area contributed by atoms with Crippen LogP contribution in [0.4, 0.5) is 0 Å². The van der Waals surface area contributed by atoms with Crippen LogP contribution >= 0.6 is 11.3 Å². The third kappa shape index (κ3) is 2.07. The molecule has 1 amide bonds. The Morgan fingerprint density at radius 1 is 1.14 bits per heavy atom. The summed E-state index contributed by atoms with van der Waals surface area (Å²) in [5.41, 5.74) is 0. The molecule has 2 heterocycles. The van der Waals surface area contributed by atoms with Crippen LogP contribution in [0.5, 0.6) is 11.5 Å². The van der Waals surface area contributed by atoms with Crippen LogP contribution in [0.2, 0.25) is 0 Å². The molecule has 2 aromatic heterocycles. The van der Waals surface area contributed by atoms with E-state index >= 15 is 0 Å². The molecule has 0 atom stereocenters. The highest BCUT2D eigenvalue weighted by Gasteiger charge is 2.21. The number of pyridine rings is 1. The number of methoxy groups -OCH3 is 2. The van der Waals surface area contributed by atoms with Crippen molar-refractivity contribution in [3.63, 3.8) is 0 Å². The molecule has 0 aliphatic heterocycles. The molecule has 0 radical (unpaired) electrons. The fourth-order valence-corrected chi connectivity index (χ4v) is 3.73. The lowest BCUT2D eigenvalue weighted by Gasteiger charge is -2.11. The van der Waals surface area contributed by atoms with E-state index in [0.29, 0.717) is 10.6 Å². The van der Waals surface area contributed by atoms with E-state index in [4.69, 9.17) is 9.47 Å². The summed E-state index contributed by atoms with van der Waals surface area (Å²) in [6.07, 6.45) is 3.47. The Morgan fingerprint density at radius 3 is 2.50 bits per heavy atom. The molecule has 3 aromatic rings. The first-order valence-corrected chi connectivity index (χ1v) is 7.53. The van der Waals surface area contributed by atoms with E-state index in [1.807, 2.05) is 12.1 Å². The quantitative estimate of drug-likeness (QED) is 0.745. The number of aromatic nitrogens is 1. The van der Waals surface area contributed by atoms with Crippen molar-refractivity contribution in [3.8, 4) is 11.5 Å². The van der Waals surface area contributed by atoms with E-state index in [1.165, 1.54) is 11.3 Å². The maximum Gasteiger partial charge on any atom is 0.263 e. The Hall–Kier alpha value is -2.34. The first-order chi connectivity index (χ1) is 10.6. The smallest absolute Gasteiger partial charge is 0.263 e. The molecule has 0 saturated heterocycles. The number of ether oxygens (including phenoxy) is 2. The number of amides is 1. The summed E-state index contributed by atoms with van der Waals surface area (Å²) in [4.78, 5) is 18.6. The molecule has 0 aliphatic rings. The van der Waals surface area contributed by atoms with Crippen molar-refractivity contribution < 1.29 is 14.3 Å². The zero-order valence-corrected chi connectivity index (χ0v) is 13.7. The number of hydrogen-bond acceptors (Lipinski definition) is 5. The third-order valence-electron chi connectivity index (χ3n) is 3.52. The molecular formula is C16H16N2O3S. The Bertz CT molecular complexity index is 810. The number of rotatable bonds is 3. The summed E-state index contributed by atoms with van der Waals surface area (Å²) in [6, 6.07) is 3.75. The van der Waals surface area contributed by atoms with E-state index < -0.39 is 0 Å². The van der Waals surface area contributed by atoms with E-state index in [0.717, 1.165) is 26.6 Å². The van der Waals surface area contributed by atoms with Crippen molar-refractivity contribution in [3.05, 3.63) is 29.4 Å². The minimum Gasteiger partial charge on any atom is -0.495 e. The van der Waals surface area contributed by atoms with Crippen molar-refractivity contribution in [1.29, 1.82) is 0 Å². The van der Waals surface area contributed by atoms with Crippen LogP contribution in [0.25, 0.3) is 20.9 Å². The number of benzene rings is 1. The largest absolute Gasteiger partial charge is 0.495 e. The van der Waals surface area contributed by atoms with Crippen LogP contribution in [0.3, 0.4) is 0 Å². The second-order valence-corrected chi connectivity index (χ2v) is 6.09. The molecule has 0 unspecified atom stereocenters. The highest BCUT2D eigenvalue weighted by Crippen LogP contribution is 2.46. The predicted octanol–water partition coefficient (Wildman–Crippen LogP) is 3.17. The van der Waals surface area contributed by atoms with Crippen LogP contribution in [0.15, 0.2) is 24.5 Å². The molecule has 0 spiro atoms. The Balaban J connectivity index is 2.43. The minimum atomic E-state index is -0.0347. The Kier molecular flexibility index (Phi) is 3.62. The van der Waals surface area contributed by atoms with Crippen LogP contribution in [-0.4, -0.2) is 44.1 Å². The average Bonchev–Trinajstić information content (AvgIpc) is 2.95. The van der Waals surface area contributed by atoms with Crippen molar-refractivity contribution in [1.82, 2.24) is 9.88 Å². The first kappa shape index (κ1) is 14.6. The van der Waals surface area contributed by atoms with Gasteiger partial charge in [-0.3, -0.25) is 9.78 Å². The van der Waals surface area contributed by atoms with Gasteiger partial charge in [0.2, 0.25) is 0 Å². The van der Waals surface area contributed by atoms with E-state index in [1.54, 1.807) is 45.6 Å². The SMILES string of the molecule is COc1c2cnccc2c(OC)c2sc(C(=O)N(C)C)cc12. The number of thiophene rings is 1. The van der Waals surface area contributed by atoms with E-state index in [2.05, 4.69) is 4.98 Å². The molecule has 1 aromatic carbocycles. The molecule has 0 bridgehead atoms. The number of nitrogens with zero attached hydrogens (tertiary/aromatic N) is 2. The lowest BCUT2D eigenvalue weighted by Crippen LogP contribution is -2.20. The fraction of sp³-hybridized carbons (Fsp3) is 0.250. The van der Waals surface area contributed by atoms with Crippen molar-refractivity contribution in [2.45, 2.75) is 0 Å². The molecule has 22 heavy (non-hydrogen) atoms. The van der Waals surface area contributed by atoms with Gasteiger partial charge in [0.15, 0.2) is 0 Å². The van der Waals surface area contributed by atoms with Crippen LogP contribution in [0, 0.1) is 0 Å². The minimum absolute atomic E-state index is 0.0347. The topological polar surface area (TPSA) is 51.7 Å². The van der Waals surface area contributed by atoms with Gasteiger partial charge in [-0.15, -0.1) is 11.3 Å². The number of carbonyl (C=O) groups excluding carboxylic acids is 1. The lowest BCUT2D eigenvalue weighted by molar-refractivity contribution is 0.0832. The van der Waals surface area contributed by atoms with Gasteiger partial charge in [-0.25, -0.2) is 0 Å². The number of fused-ring (bicyclic) bond motifs is 2. The maximum atomic E-state index is 12.2. The van der Waals surface area contributed by atoms with Gasteiger partial charge in [-0.1, -0.05) is 0 Å². The van der Waals surface area contributed by atoms with Gasteiger partial charge < -0.3 is 14.4 Å². The van der Waals surface area contributed by atoms with Gasteiger partial charge in [-0.2, -0.15) is 0 Å². The summed E-state index contributed by atoms with van der Waals surface area (Å²) >= 11 is 1.41. The Labute approximate surface area is 132 Å². The van der Waals surface area contributed by atoms with Crippen molar-refractivity contribution in [2.75, 3.05) is 28.3 Å². The van der Waals surface area contributed by atoms with Gasteiger partial charge in [0.05, 0.1) is 23.8 Å². The summed E-state index contributed by atoms with van der Waals surface area (Å²) in [7, 11) is 6.73. The molecule has 5 nitrogen and oxygen atoms in total. The monoisotopic (exact) mass is 316 g/mol. The molecule has 0 N–H and O–H groups in total. The van der Waals surface area contributed by atoms with Gasteiger partial charge in [0.1, 0.15) is 11.5 Å². The highest BCUT2D eigenvalue weighted by molar-refractivity contribution is 7.21. The molecule has 3 rings (SSSR count). The standard InChI is InChI=1S/C16H16N2O3S/c1-18(2)16(19)12-7-10-13(20-3)11-8-17-6-5-9(11)14(21-4)15(10)22-12/h5-8H,1-4H3. The number of hydrogen-bond donors (Lipinski definition) is 0. The zero-order chi connectivity index (χ0) is 15.9. The molecule has 6 heteroatoms. The van der Waals surface area contributed by atoms with Gasteiger partial charge in [-0.05, 0) is 12.1 Å². The second kappa shape index (κ2) is 5.46. The van der Waals surface area contributed by atoms with Crippen molar-refractivity contribution >= 4 is 38.1 Å². The normalized spacial score (nSPS) is 10.9. The summed E-state index contributed by atoms with van der Waals surface area (Å²) in [6.45, 7) is 0. The van der Waals surface area contributed by atoms with Crippen LogP contribution < -0.4 is 9.47 Å². The zero-order valence-electron chi connectivity index (χ0n) is 12.8. The molecule has 0 aliphatic carbocycles. The molecule has 0 fully saturated rings. The predicted molar refractivity (Wildman–Crippen MR) is 88.2 cm³/mol. The summed E-state index contributed by atoms with van der Waals surface area (Å²) < 4.78 is 12.1. The van der Waals surface area contributed by atoms with E-state index in [9.17, 15) is 4.79 Å². The van der Waals surface area contributed by atoms with Crippen LogP contribution in [0.1, 0.15) is 9.67 Å². The van der Waals surface area contributed by atoms with Gasteiger partial charge in [0, 0.05) is 42.6 Å². The lowest BCUT2D eigenvalue weighted by atomic mass is 10.1. The Morgan fingerprint density at radius 2 is 1.86 bits per heavy atom. The first-order valence-electron chi connectivity index (χ1n) is 6.71. The van der Waals surface area contributed by atoms with Gasteiger partial charge >= 0.3 is 0 Å². The molecule has 114 valence electrons. The summed E-state index contributed by atoms with van der Waals surface area (Å²) in [5.74, 6) is 1.43. The second-order valence-electron chi connectivity index (χ2n) is 5.04. The molecule has 0 saturated carbocycles. The highest BCUT2D eigenvalue weighted by atomic mass is 32.1. The number of carbonyl (C=O) groups is 1.